The molecule has 2 unspecified atom stereocenters. The van der Waals surface area contributed by atoms with E-state index in [1.165, 1.54) is 32.1 Å². The maximum Gasteiger partial charge on any atom is 0.0897 e. The summed E-state index contributed by atoms with van der Waals surface area (Å²) in [6.07, 6.45) is 5.89. The summed E-state index contributed by atoms with van der Waals surface area (Å²) in [5.41, 5.74) is 0. The summed E-state index contributed by atoms with van der Waals surface area (Å²) in [6, 6.07) is 0. The third-order valence-electron chi connectivity index (χ3n) is 3.32. The van der Waals surface area contributed by atoms with Gasteiger partial charge in [0.2, 0.25) is 0 Å². The molecule has 90 valence electrons. The van der Waals surface area contributed by atoms with Crippen LogP contribution >= 0.6 is 0 Å². The molecule has 2 N–H and O–H groups in total. The molecule has 1 aliphatic rings. The van der Waals surface area contributed by atoms with Gasteiger partial charge in [-0.3, -0.25) is 0 Å². The van der Waals surface area contributed by atoms with Gasteiger partial charge in [-0.05, 0) is 38.3 Å². The summed E-state index contributed by atoms with van der Waals surface area (Å²) in [6.45, 7) is 4.93. The van der Waals surface area contributed by atoms with Crippen LogP contribution < -0.4 is 0 Å². The highest BCUT2D eigenvalue weighted by atomic mass is 16.3. The molecular formula is C12H25NO2. The zero-order valence-corrected chi connectivity index (χ0v) is 9.86. The molecule has 3 heteroatoms. The molecule has 2 atom stereocenters. The van der Waals surface area contributed by atoms with E-state index in [0.717, 1.165) is 19.0 Å². The van der Waals surface area contributed by atoms with Crippen molar-refractivity contribution in [2.45, 2.75) is 45.1 Å². The van der Waals surface area contributed by atoms with Crippen molar-refractivity contribution in [1.29, 1.82) is 0 Å². The predicted molar refractivity (Wildman–Crippen MR) is 61.8 cm³/mol. The molecule has 3 nitrogen and oxygen atoms in total. The van der Waals surface area contributed by atoms with Crippen molar-refractivity contribution < 1.29 is 10.2 Å². The van der Waals surface area contributed by atoms with E-state index in [1.54, 1.807) is 0 Å². The van der Waals surface area contributed by atoms with Crippen LogP contribution in [-0.4, -0.2) is 47.5 Å². The molecule has 0 aromatic heterocycles. The van der Waals surface area contributed by atoms with Crippen LogP contribution in [0.25, 0.3) is 0 Å². The standard InChI is InChI=1S/C12H25NO2/c1-2-4-11-5-3-7-13(8-6-11)9-12(15)10-14/h11-12,14-15H,2-10H2,1H3. The second kappa shape index (κ2) is 7.20. The monoisotopic (exact) mass is 215 g/mol. The number of aliphatic hydroxyl groups is 2. The third-order valence-corrected chi connectivity index (χ3v) is 3.32. The first-order valence-corrected chi connectivity index (χ1v) is 6.27. The summed E-state index contributed by atoms with van der Waals surface area (Å²) in [7, 11) is 0. The van der Waals surface area contributed by atoms with Gasteiger partial charge in [-0.25, -0.2) is 0 Å². The fourth-order valence-electron chi connectivity index (χ4n) is 2.46. The lowest BCUT2D eigenvalue weighted by atomic mass is 9.96. The van der Waals surface area contributed by atoms with Crippen LogP contribution in [0.1, 0.15) is 39.0 Å². The van der Waals surface area contributed by atoms with Crippen molar-refractivity contribution in [1.82, 2.24) is 4.90 Å². The fraction of sp³-hybridized carbons (Fsp3) is 1.00. The molecular weight excluding hydrogens is 190 g/mol. The molecule has 1 fully saturated rings. The van der Waals surface area contributed by atoms with Crippen LogP contribution in [0.3, 0.4) is 0 Å². The van der Waals surface area contributed by atoms with E-state index < -0.39 is 6.10 Å². The van der Waals surface area contributed by atoms with Gasteiger partial charge in [-0.1, -0.05) is 19.8 Å². The minimum atomic E-state index is -0.562. The van der Waals surface area contributed by atoms with Gasteiger partial charge in [0.1, 0.15) is 0 Å². The van der Waals surface area contributed by atoms with Crippen LogP contribution in [0.4, 0.5) is 0 Å². The van der Waals surface area contributed by atoms with Gasteiger partial charge in [0, 0.05) is 6.54 Å². The molecule has 0 aromatic carbocycles. The second-order valence-corrected chi connectivity index (χ2v) is 4.72. The molecule has 0 amide bonds. The quantitative estimate of drug-likeness (QED) is 0.725. The Balaban J connectivity index is 2.26. The van der Waals surface area contributed by atoms with Crippen molar-refractivity contribution in [3.05, 3.63) is 0 Å². The van der Waals surface area contributed by atoms with E-state index in [0.29, 0.717) is 6.54 Å². The number of rotatable bonds is 5. The van der Waals surface area contributed by atoms with E-state index in [1.807, 2.05) is 0 Å². The van der Waals surface area contributed by atoms with Gasteiger partial charge in [0.15, 0.2) is 0 Å². The summed E-state index contributed by atoms with van der Waals surface area (Å²) in [5, 5.41) is 18.2. The largest absolute Gasteiger partial charge is 0.394 e. The first-order chi connectivity index (χ1) is 7.26. The van der Waals surface area contributed by atoms with E-state index in [2.05, 4.69) is 11.8 Å². The average Bonchev–Trinajstić information content (AvgIpc) is 2.45. The molecule has 1 rings (SSSR count). The first-order valence-electron chi connectivity index (χ1n) is 6.27. The van der Waals surface area contributed by atoms with Crippen LogP contribution in [-0.2, 0) is 0 Å². The lowest BCUT2D eigenvalue weighted by Gasteiger charge is -2.22. The smallest absolute Gasteiger partial charge is 0.0897 e. The Morgan fingerprint density at radius 3 is 2.80 bits per heavy atom. The maximum atomic E-state index is 9.38. The Morgan fingerprint density at radius 2 is 2.13 bits per heavy atom. The highest BCUT2D eigenvalue weighted by molar-refractivity contribution is 4.72. The summed E-state index contributed by atoms with van der Waals surface area (Å²) < 4.78 is 0. The molecule has 0 saturated carbocycles. The average molecular weight is 215 g/mol. The van der Waals surface area contributed by atoms with Crippen molar-refractivity contribution >= 4 is 0 Å². The van der Waals surface area contributed by atoms with Crippen molar-refractivity contribution in [3.63, 3.8) is 0 Å². The summed E-state index contributed by atoms with van der Waals surface area (Å²) >= 11 is 0. The Labute approximate surface area is 93.1 Å². The van der Waals surface area contributed by atoms with E-state index in [-0.39, 0.29) is 6.61 Å². The molecule has 0 aromatic rings. The van der Waals surface area contributed by atoms with Crippen LogP contribution in [0, 0.1) is 5.92 Å². The topological polar surface area (TPSA) is 43.7 Å². The van der Waals surface area contributed by atoms with E-state index >= 15 is 0 Å². The molecule has 0 spiro atoms. The normalized spacial score (nSPS) is 26.2. The van der Waals surface area contributed by atoms with Crippen LogP contribution in [0.15, 0.2) is 0 Å². The fourth-order valence-corrected chi connectivity index (χ4v) is 2.46. The third kappa shape index (κ3) is 4.96. The Hall–Kier alpha value is -0.120. The molecule has 0 aliphatic carbocycles. The predicted octanol–water partition coefficient (Wildman–Crippen LogP) is 1.24. The number of β-amino-alcohol motifs (C(OH)–C–C–N with tert-alkyl or cyclic N) is 1. The SMILES string of the molecule is CCCC1CCCN(CC(O)CO)CC1. The molecule has 1 aliphatic heterocycles. The maximum absolute atomic E-state index is 9.38. The molecule has 1 saturated heterocycles. The van der Waals surface area contributed by atoms with Crippen molar-refractivity contribution in [2.75, 3.05) is 26.2 Å². The van der Waals surface area contributed by atoms with Gasteiger partial charge < -0.3 is 15.1 Å². The van der Waals surface area contributed by atoms with Crippen molar-refractivity contribution in [3.8, 4) is 0 Å². The summed E-state index contributed by atoms with van der Waals surface area (Å²) in [4.78, 5) is 2.29. The van der Waals surface area contributed by atoms with E-state index in [9.17, 15) is 5.11 Å². The number of hydrogen-bond acceptors (Lipinski definition) is 3. The minimum Gasteiger partial charge on any atom is -0.394 e. The highest BCUT2D eigenvalue weighted by Crippen LogP contribution is 2.21. The van der Waals surface area contributed by atoms with Gasteiger partial charge in [0.05, 0.1) is 12.7 Å². The van der Waals surface area contributed by atoms with Gasteiger partial charge >= 0.3 is 0 Å². The molecule has 1 heterocycles. The van der Waals surface area contributed by atoms with E-state index in [4.69, 9.17) is 5.11 Å². The number of aliphatic hydroxyl groups excluding tert-OH is 2. The zero-order valence-electron chi connectivity index (χ0n) is 9.86. The van der Waals surface area contributed by atoms with Gasteiger partial charge in [-0.2, -0.15) is 0 Å². The zero-order chi connectivity index (χ0) is 11.1. The number of likely N-dealkylation sites (tertiary alicyclic amines) is 1. The Morgan fingerprint density at radius 1 is 1.33 bits per heavy atom. The minimum absolute atomic E-state index is 0.116. The number of hydrogen-bond donors (Lipinski definition) is 2. The van der Waals surface area contributed by atoms with Crippen LogP contribution in [0.2, 0.25) is 0 Å². The molecule has 15 heavy (non-hydrogen) atoms. The lowest BCUT2D eigenvalue weighted by molar-refractivity contribution is 0.0599. The Kier molecular flexibility index (Phi) is 6.22. The molecule has 0 radical (unpaired) electrons. The first kappa shape index (κ1) is 12.9. The van der Waals surface area contributed by atoms with Gasteiger partial charge in [-0.15, -0.1) is 0 Å². The lowest BCUT2D eigenvalue weighted by Crippen LogP contribution is -2.35. The summed E-state index contributed by atoms with van der Waals surface area (Å²) in [5.74, 6) is 0.881. The van der Waals surface area contributed by atoms with Gasteiger partial charge in [0.25, 0.3) is 0 Å². The molecule has 0 bridgehead atoms. The van der Waals surface area contributed by atoms with Crippen molar-refractivity contribution in [2.24, 2.45) is 5.92 Å². The highest BCUT2D eigenvalue weighted by Gasteiger charge is 2.17. The number of nitrogens with zero attached hydrogens (tertiary/aromatic N) is 1. The second-order valence-electron chi connectivity index (χ2n) is 4.72. The Bertz CT molecular complexity index is 164. The van der Waals surface area contributed by atoms with Crippen LogP contribution in [0.5, 0.6) is 0 Å².